The molecule has 1 aromatic carbocycles. The molecule has 0 radical (unpaired) electrons. The van der Waals surface area contributed by atoms with Crippen molar-refractivity contribution in [2.75, 3.05) is 13.1 Å². The number of hydrogen-bond acceptors (Lipinski definition) is 3. The Hall–Kier alpha value is -2.58. The second-order valence-corrected chi connectivity index (χ2v) is 5.35. The van der Waals surface area contributed by atoms with Gasteiger partial charge in [0, 0.05) is 6.54 Å². The Kier molecular flexibility index (Phi) is 6.33. The molecule has 2 amide bonds. The highest BCUT2D eigenvalue weighted by Crippen LogP contribution is 2.23. The van der Waals surface area contributed by atoms with Gasteiger partial charge in [-0.1, -0.05) is 30.3 Å². The van der Waals surface area contributed by atoms with Gasteiger partial charge in [-0.3, -0.25) is 14.4 Å². The molecule has 1 aromatic rings. The van der Waals surface area contributed by atoms with E-state index in [0.717, 1.165) is 0 Å². The van der Waals surface area contributed by atoms with Crippen molar-refractivity contribution >= 4 is 17.8 Å². The number of carboxylic acids is 1. The summed E-state index contributed by atoms with van der Waals surface area (Å²) < 4.78 is 35.9. The fraction of sp³-hybridized carbons (Fsp3) is 0.400. The van der Waals surface area contributed by atoms with E-state index in [-0.39, 0.29) is 6.54 Å². The minimum absolute atomic E-state index is 0.308. The first-order chi connectivity index (χ1) is 11.0. The van der Waals surface area contributed by atoms with Crippen molar-refractivity contribution in [3.63, 3.8) is 0 Å². The van der Waals surface area contributed by atoms with Crippen LogP contribution in [0.1, 0.15) is 18.9 Å². The van der Waals surface area contributed by atoms with Crippen molar-refractivity contribution in [2.45, 2.75) is 24.9 Å². The topological polar surface area (TPSA) is 95.5 Å². The second kappa shape index (κ2) is 7.80. The lowest BCUT2D eigenvalue weighted by molar-refractivity contribution is -0.143. The monoisotopic (exact) mass is 346 g/mol. The lowest BCUT2D eigenvalue weighted by atomic mass is 9.82. The van der Waals surface area contributed by atoms with Crippen LogP contribution in [-0.4, -0.2) is 42.2 Å². The van der Waals surface area contributed by atoms with Gasteiger partial charge >= 0.3 is 12.1 Å². The quantitative estimate of drug-likeness (QED) is 0.647. The van der Waals surface area contributed by atoms with Crippen LogP contribution >= 0.6 is 0 Å². The van der Waals surface area contributed by atoms with Gasteiger partial charge in [0.2, 0.25) is 11.8 Å². The lowest BCUT2D eigenvalue weighted by Crippen LogP contribution is -2.45. The number of halogens is 3. The molecule has 24 heavy (non-hydrogen) atoms. The zero-order valence-corrected chi connectivity index (χ0v) is 12.8. The average Bonchev–Trinajstić information content (AvgIpc) is 2.50. The Morgan fingerprint density at radius 2 is 1.50 bits per heavy atom. The Balaban J connectivity index is 2.61. The van der Waals surface area contributed by atoms with Gasteiger partial charge < -0.3 is 15.7 Å². The highest BCUT2D eigenvalue weighted by atomic mass is 19.4. The summed E-state index contributed by atoms with van der Waals surface area (Å²) in [5.74, 6) is -3.14. The Labute approximate surface area is 136 Å². The summed E-state index contributed by atoms with van der Waals surface area (Å²) in [6, 6.07) is 8.15. The Bertz CT molecular complexity index is 604. The number of nitrogens with one attached hydrogen (secondary N) is 2. The molecule has 6 nitrogen and oxygen atoms in total. The van der Waals surface area contributed by atoms with Crippen LogP contribution in [0.4, 0.5) is 13.2 Å². The van der Waals surface area contributed by atoms with E-state index in [0.29, 0.717) is 5.56 Å². The molecule has 0 bridgehead atoms. The van der Waals surface area contributed by atoms with Gasteiger partial charge in [-0.15, -0.1) is 0 Å². The lowest BCUT2D eigenvalue weighted by Gasteiger charge is -2.25. The first kappa shape index (κ1) is 19.5. The normalized spacial score (nSPS) is 13.7. The molecule has 0 aromatic heterocycles. The van der Waals surface area contributed by atoms with E-state index in [2.05, 4.69) is 5.32 Å². The standard InChI is InChI=1S/C15H17F3N2O4/c1-14(13(23)24,10-5-3-2-4-6-10)8-19-11(21)7-12(22)20-9-15(16,17)18/h2-6H,7-9H2,1H3,(H,19,21)(H,20,22)(H,23,24). The first-order valence-electron chi connectivity index (χ1n) is 6.93. The molecule has 0 fully saturated rings. The minimum atomic E-state index is -4.57. The number of carbonyl (C=O) groups is 3. The van der Waals surface area contributed by atoms with Crippen LogP contribution in [0.25, 0.3) is 0 Å². The molecular formula is C15H17F3N2O4. The molecule has 1 atom stereocenters. The summed E-state index contributed by atoms with van der Waals surface area (Å²) >= 11 is 0. The molecule has 0 aliphatic heterocycles. The molecule has 0 aliphatic rings. The maximum atomic E-state index is 12.0. The molecule has 0 saturated heterocycles. The summed E-state index contributed by atoms with van der Waals surface area (Å²) in [4.78, 5) is 34.4. The van der Waals surface area contributed by atoms with Gasteiger partial charge in [-0.05, 0) is 12.5 Å². The average molecular weight is 346 g/mol. The van der Waals surface area contributed by atoms with Crippen LogP contribution in [0.5, 0.6) is 0 Å². The summed E-state index contributed by atoms with van der Waals surface area (Å²) in [6.07, 6.45) is -5.39. The Morgan fingerprint density at radius 1 is 1.00 bits per heavy atom. The number of benzene rings is 1. The fourth-order valence-electron chi connectivity index (χ4n) is 1.85. The molecule has 1 rings (SSSR count). The van der Waals surface area contributed by atoms with E-state index in [9.17, 15) is 32.7 Å². The zero-order valence-electron chi connectivity index (χ0n) is 12.8. The SMILES string of the molecule is CC(CNC(=O)CC(=O)NCC(F)(F)F)(C(=O)O)c1ccccc1. The second-order valence-electron chi connectivity index (χ2n) is 5.35. The van der Waals surface area contributed by atoms with E-state index in [1.54, 1.807) is 35.6 Å². The molecule has 9 heteroatoms. The third-order valence-electron chi connectivity index (χ3n) is 3.33. The van der Waals surface area contributed by atoms with Gasteiger partial charge in [0.05, 0.1) is 0 Å². The molecule has 0 heterocycles. The van der Waals surface area contributed by atoms with Crippen LogP contribution in [0.15, 0.2) is 30.3 Å². The molecule has 0 saturated carbocycles. The van der Waals surface area contributed by atoms with E-state index in [1.807, 2.05) is 0 Å². The number of hydrogen-bond donors (Lipinski definition) is 3. The van der Waals surface area contributed by atoms with E-state index in [4.69, 9.17) is 0 Å². The predicted octanol–water partition coefficient (Wildman–Crippen LogP) is 1.21. The van der Waals surface area contributed by atoms with Crippen LogP contribution < -0.4 is 10.6 Å². The van der Waals surface area contributed by atoms with Crippen molar-refractivity contribution < 1.29 is 32.7 Å². The molecule has 1 unspecified atom stereocenters. The molecule has 0 spiro atoms. The summed E-state index contributed by atoms with van der Waals surface area (Å²) in [5.41, 5.74) is -0.987. The molecular weight excluding hydrogens is 329 g/mol. The predicted molar refractivity (Wildman–Crippen MR) is 78.1 cm³/mol. The van der Waals surface area contributed by atoms with Gasteiger partial charge in [-0.25, -0.2) is 0 Å². The van der Waals surface area contributed by atoms with Crippen molar-refractivity contribution in [1.29, 1.82) is 0 Å². The van der Waals surface area contributed by atoms with E-state index < -0.39 is 42.3 Å². The van der Waals surface area contributed by atoms with Gasteiger partial charge in [0.1, 0.15) is 18.4 Å². The van der Waals surface area contributed by atoms with E-state index in [1.165, 1.54) is 6.92 Å². The maximum absolute atomic E-state index is 12.0. The van der Waals surface area contributed by atoms with Crippen molar-refractivity contribution in [3.05, 3.63) is 35.9 Å². The summed E-state index contributed by atoms with van der Waals surface area (Å²) in [6.45, 7) is -0.442. The number of amides is 2. The smallest absolute Gasteiger partial charge is 0.405 e. The van der Waals surface area contributed by atoms with Crippen LogP contribution in [0.3, 0.4) is 0 Å². The zero-order chi connectivity index (χ0) is 18.4. The van der Waals surface area contributed by atoms with Crippen molar-refractivity contribution in [3.8, 4) is 0 Å². The summed E-state index contributed by atoms with van der Waals surface area (Å²) in [5, 5.41) is 13.2. The maximum Gasteiger partial charge on any atom is 0.405 e. The van der Waals surface area contributed by atoms with Crippen LogP contribution in [-0.2, 0) is 19.8 Å². The fourth-order valence-corrected chi connectivity index (χ4v) is 1.85. The number of alkyl halides is 3. The number of carboxylic acid groups (broad SMARTS) is 1. The van der Waals surface area contributed by atoms with Crippen LogP contribution in [0.2, 0.25) is 0 Å². The minimum Gasteiger partial charge on any atom is -0.481 e. The first-order valence-corrected chi connectivity index (χ1v) is 6.93. The number of rotatable bonds is 7. The number of aliphatic carboxylic acids is 1. The van der Waals surface area contributed by atoms with Crippen LogP contribution in [0, 0.1) is 0 Å². The highest BCUT2D eigenvalue weighted by molar-refractivity contribution is 5.97. The highest BCUT2D eigenvalue weighted by Gasteiger charge is 2.35. The van der Waals surface area contributed by atoms with Crippen molar-refractivity contribution in [2.24, 2.45) is 0 Å². The third kappa shape index (κ3) is 5.90. The summed E-state index contributed by atoms with van der Waals surface area (Å²) in [7, 11) is 0. The molecule has 0 aliphatic carbocycles. The largest absolute Gasteiger partial charge is 0.481 e. The van der Waals surface area contributed by atoms with Crippen molar-refractivity contribution in [1.82, 2.24) is 10.6 Å². The van der Waals surface area contributed by atoms with Gasteiger partial charge in [-0.2, -0.15) is 13.2 Å². The molecule has 132 valence electrons. The third-order valence-corrected chi connectivity index (χ3v) is 3.33. The van der Waals surface area contributed by atoms with Gasteiger partial charge in [0.25, 0.3) is 0 Å². The Morgan fingerprint density at radius 3 is 1.96 bits per heavy atom. The van der Waals surface area contributed by atoms with E-state index >= 15 is 0 Å². The molecule has 3 N–H and O–H groups in total. The number of carbonyl (C=O) groups excluding carboxylic acids is 2. The van der Waals surface area contributed by atoms with Gasteiger partial charge in [0.15, 0.2) is 0 Å².